The molecule has 0 bridgehead atoms. The van der Waals surface area contributed by atoms with Crippen LogP contribution in [0.1, 0.15) is 5.56 Å². The average Bonchev–Trinajstić information content (AvgIpc) is 2.40. The van der Waals surface area contributed by atoms with Crippen LogP contribution in [0.2, 0.25) is 10.0 Å². The standard InChI is InChI=1S/C14H7Cl2F5O/c15-10-3-1-2-8(12(10)16)7-4-5-9(14(19,20)21)11(6-7)22-13(17)18/h1-6,13H. The van der Waals surface area contributed by atoms with Crippen LogP contribution in [-0.4, -0.2) is 6.61 Å². The number of benzene rings is 2. The molecule has 2 aromatic rings. The van der Waals surface area contributed by atoms with E-state index in [2.05, 4.69) is 4.74 Å². The molecule has 0 saturated heterocycles. The Morgan fingerprint density at radius 2 is 1.68 bits per heavy atom. The van der Waals surface area contributed by atoms with E-state index in [1.807, 2.05) is 0 Å². The van der Waals surface area contributed by atoms with Crippen LogP contribution in [0.3, 0.4) is 0 Å². The molecule has 0 aromatic heterocycles. The first-order chi connectivity index (χ1) is 10.2. The first-order valence-electron chi connectivity index (χ1n) is 5.80. The minimum atomic E-state index is -4.82. The second-order valence-electron chi connectivity index (χ2n) is 4.19. The molecule has 0 aliphatic rings. The van der Waals surface area contributed by atoms with Crippen molar-refractivity contribution in [3.8, 4) is 16.9 Å². The van der Waals surface area contributed by atoms with Crippen LogP contribution in [0.15, 0.2) is 36.4 Å². The van der Waals surface area contributed by atoms with Crippen molar-refractivity contribution in [1.82, 2.24) is 0 Å². The zero-order chi connectivity index (χ0) is 16.5. The fraction of sp³-hybridized carbons (Fsp3) is 0.143. The highest BCUT2D eigenvalue weighted by atomic mass is 35.5. The summed E-state index contributed by atoms with van der Waals surface area (Å²) in [7, 11) is 0. The lowest BCUT2D eigenvalue weighted by Crippen LogP contribution is -2.11. The van der Waals surface area contributed by atoms with Crippen LogP contribution < -0.4 is 4.74 Å². The summed E-state index contributed by atoms with van der Waals surface area (Å²) < 4.78 is 67.0. The molecule has 0 N–H and O–H groups in total. The highest BCUT2D eigenvalue weighted by Gasteiger charge is 2.35. The fourth-order valence-corrected chi connectivity index (χ4v) is 2.25. The third kappa shape index (κ3) is 3.62. The molecule has 1 nitrogen and oxygen atoms in total. The van der Waals surface area contributed by atoms with Crippen molar-refractivity contribution in [3.05, 3.63) is 52.0 Å². The lowest BCUT2D eigenvalue weighted by Gasteiger charge is -2.15. The van der Waals surface area contributed by atoms with Crippen LogP contribution in [0, 0.1) is 0 Å². The predicted octanol–water partition coefficient (Wildman–Crippen LogP) is 6.28. The zero-order valence-electron chi connectivity index (χ0n) is 10.6. The Morgan fingerprint density at radius 1 is 1.00 bits per heavy atom. The van der Waals surface area contributed by atoms with Crippen molar-refractivity contribution in [2.24, 2.45) is 0 Å². The maximum atomic E-state index is 12.8. The molecular formula is C14H7Cl2F5O. The molecule has 0 unspecified atom stereocenters. The lowest BCUT2D eigenvalue weighted by atomic mass is 10.0. The van der Waals surface area contributed by atoms with E-state index in [0.29, 0.717) is 11.6 Å². The van der Waals surface area contributed by atoms with Gasteiger partial charge in [0.05, 0.1) is 15.6 Å². The number of ether oxygens (including phenoxy) is 1. The third-order valence-electron chi connectivity index (χ3n) is 2.77. The molecule has 118 valence electrons. The van der Waals surface area contributed by atoms with E-state index in [1.54, 1.807) is 0 Å². The molecule has 0 saturated carbocycles. The van der Waals surface area contributed by atoms with Gasteiger partial charge in [-0.1, -0.05) is 41.4 Å². The Hall–Kier alpha value is -1.53. The summed E-state index contributed by atoms with van der Waals surface area (Å²) in [4.78, 5) is 0. The van der Waals surface area contributed by atoms with E-state index >= 15 is 0 Å². The summed E-state index contributed by atoms with van der Waals surface area (Å²) >= 11 is 11.8. The van der Waals surface area contributed by atoms with E-state index in [9.17, 15) is 22.0 Å². The fourth-order valence-electron chi connectivity index (χ4n) is 1.84. The normalized spacial score (nSPS) is 11.8. The quantitative estimate of drug-likeness (QED) is 0.588. The Labute approximate surface area is 132 Å². The Kier molecular flexibility index (Phi) is 4.82. The van der Waals surface area contributed by atoms with Gasteiger partial charge in [0.1, 0.15) is 5.75 Å². The first-order valence-corrected chi connectivity index (χ1v) is 6.56. The van der Waals surface area contributed by atoms with Gasteiger partial charge in [0.2, 0.25) is 0 Å². The average molecular weight is 357 g/mol. The molecule has 0 heterocycles. The molecule has 0 atom stereocenters. The summed E-state index contributed by atoms with van der Waals surface area (Å²) in [5.41, 5.74) is -0.812. The molecule has 2 rings (SSSR count). The zero-order valence-corrected chi connectivity index (χ0v) is 12.1. The van der Waals surface area contributed by atoms with Gasteiger partial charge < -0.3 is 4.74 Å². The van der Waals surface area contributed by atoms with Gasteiger partial charge in [-0.05, 0) is 23.8 Å². The summed E-state index contributed by atoms with van der Waals surface area (Å²) in [6, 6.07) is 7.15. The SMILES string of the molecule is FC(F)Oc1cc(-c2cccc(Cl)c2Cl)ccc1C(F)(F)F. The summed E-state index contributed by atoms with van der Waals surface area (Å²) in [5.74, 6) is -0.976. The van der Waals surface area contributed by atoms with E-state index in [0.717, 1.165) is 12.1 Å². The lowest BCUT2D eigenvalue weighted by molar-refractivity contribution is -0.141. The van der Waals surface area contributed by atoms with Gasteiger partial charge in [-0.15, -0.1) is 0 Å². The molecule has 0 aliphatic carbocycles. The maximum Gasteiger partial charge on any atom is 0.419 e. The highest BCUT2D eigenvalue weighted by molar-refractivity contribution is 6.43. The Balaban J connectivity index is 2.58. The minimum absolute atomic E-state index is 0.104. The van der Waals surface area contributed by atoms with Crippen LogP contribution in [-0.2, 0) is 6.18 Å². The van der Waals surface area contributed by atoms with Crippen LogP contribution >= 0.6 is 23.2 Å². The molecule has 0 spiro atoms. The first kappa shape index (κ1) is 16.8. The van der Waals surface area contributed by atoms with Crippen molar-refractivity contribution < 1.29 is 26.7 Å². The Bertz CT molecular complexity index is 685. The van der Waals surface area contributed by atoms with Crippen molar-refractivity contribution in [1.29, 1.82) is 0 Å². The van der Waals surface area contributed by atoms with E-state index in [-0.39, 0.29) is 15.6 Å². The van der Waals surface area contributed by atoms with Crippen LogP contribution in [0.25, 0.3) is 11.1 Å². The topological polar surface area (TPSA) is 9.23 Å². The summed E-state index contributed by atoms with van der Waals surface area (Å²) in [6.45, 7) is -3.38. The van der Waals surface area contributed by atoms with E-state index < -0.39 is 24.1 Å². The van der Waals surface area contributed by atoms with Crippen LogP contribution in [0.4, 0.5) is 22.0 Å². The second-order valence-corrected chi connectivity index (χ2v) is 4.97. The maximum absolute atomic E-state index is 12.8. The van der Waals surface area contributed by atoms with Gasteiger partial charge in [0.25, 0.3) is 0 Å². The molecule has 8 heteroatoms. The highest BCUT2D eigenvalue weighted by Crippen LogP contribution is 2.41. The van der Waals surface area contributed by atoms with Gasteiger partial charge in [0.15, 0.2) is 0 Å². The molecule has 0 aliphatic heterocycles. The molecule has 2 aromatic carbocycles. The monoisotopic (exact) mass is 356 g/mol. The van der Waals surface area contributed by atoms with Gasteiger partial charge in [0, 0.05) is 5.56 Å². The molecule has 0 radical (unpaired) electrons. The number of hydrogen-bond acceptors (Lipinski definition) is 1. The Morgan fingerprint density at radius 3 is 2.27 bits per heavy atom. The number of hydrogen-bond donors (Lipinski definition) is 0. The van der Waals surface area contributed by atoms with Crippen LogP contribution in [0.5, 0.6) is 5.75 Å². The van der Waals surface area contributed by atoms with Gasteiger partial charge in [-0.2, -0.15) is 22.0 Å². The largest absolute Gasteiger partial charge is 0.434 e. The second kappa shape index (κ2) is 6.30. The van der Waals surface area contributed by atoms with Crippen molar-refractivity contribution in [3.63, 3.8) is 0 Å². The van der Waals surface area contributed by atoms with Gasteiger partial charge in [-0.3, -0.25) is 0 Å². The summed E-state index contributed by atoms with van der Waals surface area (Å²) in [5, 5.41) is 0.294. The number of rotatable bonds is 3. The van der Waals surface area contributed by atoms with Crippen molar-refractivity contribution in [2.45, 2.75) is 12.8 Å². The molecule has 22 heavy (non-hydrogen) atoms. The number of alkyl halides is 5. The molecule has 0 amide bonds. The van der Waals surface area contributed by atoms with E-state index in [4.69, 9.17) is 23.2 Å². The minimum Gasteiger partial charge on any atom is -0.434 e. The number of halogens is 7. The smallest absolute Gasteiger partial charge is 0.419 e. The van der Waals surface area contributed by atoms with Crippen molar-refractivity contribution >= 4 is 23.2 Å². The molecule has 0 fully saturated rings. The third-order valence-corrected chi connectivity index (χ3v) is 3.58. The van der Waals surface area contributed by atoms with Gasteiger partial charge >= 0.3 is 12.8 Å². The molecular weight excluding hydrogens is 350 g/mol. The van der Waals surface area contributed by atoms with E-state index in [1.165, 1.54) is 18.2 Å². The summed E-state index contributed by atoms with van der Waals surface area (Å²) in [6.07, 6.45) is -4.82. The van der Waals surface area contributed by atoms with Crippen molar-refractivity contribution in [2.75, 3.05) is 0 Å². The van der Waals surface area contributed by atoms with Gasteiger partial charge in [-0.25, -0.2) is 0 Å². The predicted molar refractivity (Wildman–Crippen MR) is 73.5 cm³/mol.